The molecule has 1 saturated carbocycles. The molecule has 0 radical (unpaired) electrons. The average molecular weight is 455 g/mol. The first kappa shape index (κ1) is 23.0. The zero-order chi connectivity index (χ0) is 23.4. The molecule has 3 amide bonds. The van der Waals surface area contributed by atoms with Crippen LogP contribution in [0.5, 0.6) is 5.75 Å². The van der Waals surface area contributed by atoms with Gasteiger partial charge in [-0.05, 0) is 67.8 Å². The van der Waals surface area contributed by atoms with Gasteiger partial charge in [0.05, 0.1) is 7.11 Å². The number of benzene rings is 2. The Morgan fingerprint density at radius 3 is 2.27 bits per heavy atom. The minimum absolute atomic E-state index is 0.0131. The van der Waals surface area contributed by atoms with Gasteiger partial charge in [-0.15, -0.1) is 0 Å². The molecular weight excluding hydrogens is 423 g/mol. The number of hydrogen-bond donors (Lipinski definition) is 2. The van der Waals surface area contributed by atoms with Crippen LogP contribution in [0.4, 0.5) is 14.9 Å². The maximum absolute atomic E-state index is 13.5. The minimum Gasteiger partial charge on any atom is -0.497 e. The summed E-state index contributed by atoms with van der Waals surface area (Å²) in [5.74, 6) is 0.389. The van der Waals surface area contributed by atoms with Crippen molar-refractivity contribution in [2.75, 3.05) is 45.7 Å². The molecule has 0 spiro atoms. The fourth-order valence-corrected chi connectivity index (χ4v) is 4.80. The van der Waals surface area contributed by atoms with Crippen LogP contribution < -0.4 is 15.4 Å². The van der Waals surface area contributed by atoms with Gasteiger partial charge >= 0.3 is 6.03 Å². The first-order valence-corrected chi connectivity index (χ1v) is 11.4. The van der Waals surface area contributed by atoms with E-state index in [9.17, 15) is 14.0 Å². The van der Waals surface area contributed by atoms with Crippen LogP contribution in [0.1, 0.15) is 24.3 Å². The van der Waals surface area contributed by atoms with Gasteiger partial charge in [-0.1, -0.05) is 12.1 Å². The van der Waals surface area contributed by atoms with E-state index in [1.165, 1.54) is 24.3 Å². The zero-order valence-electron chi connectivity index (χ0n) is 19.1. The maximum atomic E-state index is 13.5. The van der Waals surface area contributed by atoms with E-state index < -0.39 is 0 Å². The van der Waals surface area contributed by atoms with Crippen LogP contribution in [0.2, 0.25) is 0 Å². The van der Waals surface area contributed by atoms with Crippen LogP contribution in [0, 0.1) is 11.7 Å². The average Bonchev–Trinajstić information content (AvgIpc) is 3.24. The van der Waals surface area contributed by atoms with Crippen molar-refractivity contribution in [3.63, 3.8) is 0 Å². The smallest absolute Gasteiger partial charge is 0.319 e. The van der Waals surface area contributed by atoms with Crippen LogP contribution in [-0.4, -0.2) is 68.1 Å². The van der Waals surface area contributed by atoms with Gasteiger partial charge < -0.3 is 25.2 Å². The second-order valence-electron chi connectivity index (χ2n) is 8.89. The van der Waals surface area contributed by atoms with Crippen LogP contribution >= 0.6 is 0 Å². The Balaban J connectivity index is 1.47. The zero-order valence-corrected chi connectivity index (χ0v) is 19.1. The van der Waals surface area contributed by atoms with E-state index >= 15 is 0 Å². The summed E-state index contributed by atoms with van der Waals surface area (Å²) >= 11 is 0. The van der Waals surface area contributed by atoms with Gasteiger partial charge in [0.1, 0.15) is 11.6 Å². The first-order chi connectivity index (χ1) is 15.9. The Bertz CT molecular complexity index is 959. The van der Waals surface area contributed by atoms with Crippen molar-refractivity contribution in [1.29, 1.82) is 0 Å². The van der Waals surface area contributed by atoms with Crippen LogP contribution in [-0.2, 0) is 4.79 Å². The summed E-state index contributed by atoms with van der Waals surface area (Å²) in [7, 11) is 3.70. The summed E-state index contributed by atoms with van der Waals surface area (Å²) in [5.41, 5.74) is 1.59. The molecule has 3 atom stereocenters. The van der Waals surface area contributed by atoms with Gasteiger partial charge in [-0.2, -0.15) is 0 Å². The van der Waals surface area contributed by atoms with Crippen LogP contribution in [0.25, 0.3) is 0 Å². The summed E-state index contributed by atoms with van der Waals surface area (Å²) in [5, 5.41) is 5.76. The second kappa shape index (κ2) is 10.2. The van der Waals surface area contributed by atoms with Gasteiger partial charge in [-0.3, -0.25) is 4.79 Å². The standard InChI is InChI=1S/C25H31FN4O3/c1-29-11-13-30(14-12-29)24(31)23-16-20(15-22(23)17-3-9-21(33-2)10-4-17)28-25(32)27-19-7-5-18(26)6-8-19/h3-10,20,22-23H,11-16H2,1-2H3,(H2,27,28,32)/t20-,22+,23-/m0/s1. The molecule has 2 fully saturated rings. The highest BCUT2D eigenvalue weighted by molar-refractivity contribution is 5.89. The van der Waals surface area contributed by atoms with Crippen molar-refractivity contribution in [3.05, 3.63) is 59.9 Å². The third-order valence-corrected chi connectivity index (χ3v) is 6.68. The summed E-state index contributed by atoms with van der Waals surface area (Å²) in [6.45, 7) is 3.19. The predicted molar refractivity (Wildman–Crippen MR) is 125 cm³/mol. The molecule has 8 heteroatoms. The van der Waals surface area contributed by atoms with E-state index in [-0.39, 0.29) is 35.6 Å². The van der Waals surface area contributed by atoms with Crippen molar-refractivity contribution in [2.24, 2.45) is 5.92 Å². The number of carbonyl (C=O) groups excluding carboxylic acids is 2. The molecule has 33 heavy (non-hydrogen) atoms. The number of anilines is 1. The van der Waals surface area contributed by atoms with E-state index in [1.807, 2.05) is 29.2 Å². The van der Waals surface area contributed by atoms with E-state index in [0.29, 0.717) is 18.5 Å². The Morgan fingerprint density at radius 1 is 0.970 bits per heavy atom. The Morgan fingerprint density at radius 2 is 1.64 bits per heavy atom. The highest BCUT2D eigenvalue weighted by atomic mass is 19.1. The number of urea groups is 1. The van der Waals surface area contributed by atoms with Crippen molar-refractivity contribution in [1.82, 2.24) is 15.1 Å². The Hall–Kier alpha value is -3.13. The fraction of sp³-hybridized carbons (Fsp3) is 0.440. The molecule has 2 aromatic carbocycles. The highest BCUT2D eigenvalue weighted by Gasteiger charge is 2.42. The lowest BCUT2D eigenvalue weighted by molar-refractivity contribution is -0.137. The molecule has 1 saturated heterocycles. The number of rotatable bonds is 5. The number of ether oxygens (including phenoxy) is 1. The lowest BCUT2D eigenvalue weighted by Crippen LogP contribution is -2.49. The molecule has 1 aliphatic heterocycles. The molecule has 0 bridgehead atoms. The van der Waals surface area contributed by atoms with Crippen LogP contribution in [0.15, 0.2) is 48.5 Å². The molecule has 0 unspecified atom stereocenters. The molecule has 2 aliphatic rings. The van der Waals surface area contributed by atoms with E-state index in [1.54, 1.807) is 7.11 Å². The SMILES string of the molecule is COc1ccc([C@H]2C[C@H](NC(=O)Nc3ccc(F)cc3)C[C@@H]2C(=O)N2CCN(C)CC2)cc1. The molecule has 1 aliphatic carbocycles. The number of piperazine rings is 1. The predicted octanol–water partition coefficient (Wildman–Crippen LogP) is 3.29. The number of likely N-dealkylation sites (N-methyl/N-ethyl adjacent to an activating group) is 1. The molecule has 0 aromatic heterocycles. The summed E-state index contributed by atoms with van der Waals surface area (Å²) in [6.07, 6.45) is 1.26. The van der Waals surface area contributed by atoms with Gasteiger partial charge in [0.25, 0.3) is 0 Å². The number of carbonyl (C=O) groups is 2. The number of nitrogens with zero attached hydrogens (tertiary/aromatic N) is 2. The summed E-state index contributed by atoms with van der Waals surface area (Å²) in [6, 6.07) is 13.0. The molecule has 4 rings (SSSR count). The number of nitrogens with one attached hydrogen (secondary N) is 2. The van der Waals surface area contributed by atoms with Crippen molar-refractivity contribution in [2.45, 2.75) is 24.8 Å². The molecule has 2 aromatic rings. The summed E-state index contributed by atoms with van der Waals surface area (Å²) in [4.78, 5) is 30.2. The number of methoxy groups -OCH3 is 1. The van der Waals surface area contributed by atoms with E-state index in [4.69, 9.17) is 4.74 Å². The molecular formula is C25H31FN4O3. The third-order valence-electron chi connectivity index (χ3n) is 6.68. The molecule has 2 N–H and O–H groups in total. The third kappa shape index (κ3) is 5.63. The monoisotopic (exact) mass is 454 g/mol. The van der Waals surface area contributed by atoms with Gasteiger partial charge in [0.2, 0.25) is 5.91 Å². The fourth-order valence-electron chi connectivity index (χ4n) is 4.80. The lowest BCUT2D eigenvalue weighted by Gasteiger charge is -2.35. The normalized spacial score (nSPS) is 23.2. The maximum Gasteiger partial charge on any atom is 0.319 e. The van der Waals surface area contributed by atoms with Gasteiger partial charge in [0.15, 0.2) is 0 Å². The van der Waals surface area contributed by atoms with Gasteiger partial charge in [0, 0.05) is 43.8 Å². The van der Waals surface area contributed by atoms with E-state index in [0.717, 1.165) is 37.5 Å². The lowest BCUT2D eigenvalue weighted by atomic mass is 9.87. The number of halogens is 1. The largest absolute Gasteiger partial charge is 0.497 e. The van der Waals surface area contributed by atoms with E-state index in [2.05, 4.69) is 22.6 Å². The quantitative estimate of drug-likeness (QED) is 0.727. The van der Waals surface area contributed by atoms with Gasteiger partial charge in [-0.25, -0.2) is 9.18 Å². The minimum atomic E-state index is -0.357. The van der Waals surface area contributed by atoms with Crippen molar-refractivity contribution < 1.29 is 18.7 Å². The highest BCUT2D eigenvalue weighted by Crippen LogP contribution is 2.41. The number of hydrogen-bond acceptors (Lipinski definition) is 4. The molecule has 1 heterocycles. The number of amides is 3. The Kier molecular flexibility index (Phi) is 7.13. The molecule has 176 valence electrons. The van der Waals surface area contributed by atoms with Crippen LogP contribution in [0.3, 0.4) is 0 Å². The summed E-state index contributed by atoms with van der Waals surface area (Å²) < 4.78 is 18.4. The Labute approximate surface area is 193 Å². The topological polar surface area (TPSA) is 73.9 Å². The van der Waals surface area contributed by atoms with Crippen molar-refractivity contribution in [3.8, 4) is 5.75 Å². The second-order valence-corrected chi connectivity index (χ2v) is 8.89. The molecule has 7 nitrogen and oxygen atoms in total. The van der Waals surface area contributed by atoms with Crippen molar-refractivity contribution >= 4 is 17.6 Å². The first-order valence-electron chi connectivity index (χ1n) is 11.4.